The number of carboxylic acid groups (broad SMARTS) is 1. The molecule has 0 fully saturated rings. The number of anilines is 1. The molecule has 2 amide bonds. The first kappa shape index (κ1) is 16.8. The number of phenolic OH excluding ortho intramolecular Hbond substituents is 1. The zero-order valence-electron chi connectivity index (χ0n) is 11.5. The van der Waals surface area contributed by atoms with Crippen molar-refractivity contribution in [3.63, 3.8) is 0 Å². The van der Waals surface area contributed by atoms with Crippen molar-refractivity contribution < 1.29 is 24.6 Å². The molecule has 3 N–H and O–H groups in total. The van der Waals surface area contributed by atoms with Gasteiger partial charge in [0.25, 0.3) is 0 Å². The minimum absolute atomic E-state index is 0.00203. The average Bonchev–Trinajstić information content (AvgIpc) is 2.36. The fourth-order valence-electron chi connectivity index (χ4n) is 1.51. The van der Waals surface area contributed by atoms with Gasteiger partial charge in [0, 0.05) is 24.5 Å². The highest BCUT2D eigenvalue weighted by Crippen LogP contribution is 2.31. The molecule has 0 aromatic heterocycles. The molecule has 0 bridgehead atoms. The third-order valence-electron chi connectivity index (χ3n) is 2.34. The molecule has 0 saturated carbocycles. The Morgan fingerprint density at radius 1 is 1.29 bits per heavy atom. The van der Waals surface area contributed by atoms with Crippen LogP contribution in [0.1, 0.15) is 13.8 Å². The van der Waals surface area contributed by atoms with Crippen LogP contribution in [0, 0.1) is 0 Å². The number of benzene rings is 1. The van der Waals surface area contributed by atoms with Gasteiger partial charge in [0.1, 0.15) is 5.75 Å². The molecule has 0 aliphatic carbocycles. The monoisotopic (exact) mass is 311 g/mol. The van der Waals surface area contributed by atoms with Crippen LogP contribution in [0.2, 0.25) is 0 Å². The quantitative estimate of drug-likeness (QED) is 0.490. The third-order valence-corrected chi connectivity index (χ3v) is 3.49. The molecule has 21 heavy (non-hydrogen) atoms. The normalized spacial score (nSPS) is 11.5. The number of hydrogen-bond acceptors (Lipinski definition) is 6. The summed E-state index contributed by atoms with van der Waals surface area (Å²) >= 11 is 1.07. The standard InChI is InChI=1S/C13H16N2O5S/c1-7(16)14-10-4-3-9(18)5-12(10)21-6-11(13(19)20)15-8(2)17/h3-5,11,18H,6H2,1-2H3,(H,14,16)(H,15,17)(H,19,20)/p-1. The van der Waals surface area contributed by atoms with Crippen molar-refractivity contribution in [2.75, 3.05) is 11.1 Å². The summed E-state index contributed by atoms with van der Waals surface area (Å²) in [6.45, 7) is 2.54. The van der Waals surface area contributed by atoms with E-state index >= 15 is 0 Å². The fourth-order valence-corrected chi connectivity index (χ4v) is 2.55. The lowest BCUT2D eigenvalue weighted by Gasteiger charge is -2.19. The first-order valence-electron chi connectivity index (χ1n) is 6.01. The van der Waals surface area contributed by atoms with E-state index in [1.165, 1.54) is 32.0 Å². The summed E-state index contributed by atoms with van der Waals surface area (Å²) in [5.74, 6) is -2.20. The second-order valence-corrected chi connectivity index (χ2v) is 5.31. The van der Waals surface area contributed by atoms with Gasteiger partial charge in [-0.1, -0.05) is 0 Å². The second kappa shape index (κ2) is 7.53. The van der Waals surface area contributed by atoms with E-state index in [4.69, 9.17) is 0 Å². The van der Waals surface area contributed by atoms with Crippen LogP contribution in [0.3, 0.4) is 0 Å². The number of aromatic hydroxyl groups is 1. The van der Waals surface area contributed by atoms with Crippen molar-refractivity contribution in [2.24, 2.45) is 0 Å². The van der Waals surface area contributed by atoms with Crippen LogP contribution in [-0.2, 0) is 14.4 Å². The predicted octanol–water partition coefficient (Wildman–Crippen LogP) is -0.303. The zero-order valence-corrected chi connectivity index (χ0v) is 12.3. The van der Waals surface area contributed by atoms with Gasteiger partial charge in [-0.25, -0.2) is 0 Å². The lowest BCUT2D eigenvalue weighted by atomic mass is 10.3. The van der Waals surface area contributed by atoms with Gasteiger partial charge < -0.3 is 25.6 Å². The smallest absolute Gasteiger partial charge is 0.221 e. The number of carboxylic acids is 1. The number of carbonyl (C=O) groups excluding carboxylic acids is 3. The molecule has 0 heterocycles. The van der Waals surface area contributed by atoms with Crippen molar-refractivity contribution in [1.82, 2.24) is 5.32 Å². The fraction of sp³-hybridized carbons (Fsp3) is 0.308. The second-order valence-electron chi connectivity index (χ2n) is 4.24. The SMILES string of the molecule is CC(=O)Nc1ccc(O)cc1SCC(NC(C)=O)C(=O)[O-]. The van der Waals surface area contributed by atoms with Crippen molar-refractivity contribution >= 4 is 35.2 Å². The van der Waals surface area contributed by atoms with E-state index in [9.17, 15) is 24.6 Å². The maximum absolute atomic E-state index is 11.1. The van der Waals surface area contributed by atoms with E-state index in [1.807, 2.05) is 0 Å². The Morgan fingerprint density at radius 3 is 2.48 bits per heavy atom. The van der Waals surface area contributed by atoms with E-state index in [2.05, 4.69) is 10.6 Å². The summed E-state index contributed by atoms with van der Waals surface area (Å²) in [4.78, 5) is 33.4. The molecule has 8 heteroatoms. The summed E-state index contributed by atoms with van der Waals surface area (Å²) in [5.41, 5.74) is 0.449. The van der Waals surface area contributed by atoms with Crippen LogP contribution < -0.4 is 15.7 Å². The van der Waals surface area contributed by atoms with E-state index < -0.39 is 17.9 Å². The molecule has 0 aliphatic rings. The highest BCUT2D eigenvalue weighted by molar-refractivity contribution is 7.99. The molecule has 0 aliphatic heterocycles. The highest BCUT2D eigenvalue weighted by Gasteiger charge is 2.14. The molecule has 1 aromatic carbocycles. The third kappa shape index (κ3) is 5.74. The Morgan fingerprint density at radius 2 is 1.95 bits per heavy atom. The molecule has 1 atom stereocenters. The summed E-state index contributed by atoms with van der Waals surface area (Å²) in [6, 6.07) is 3.14. The van der Waals surface area contributed by atoms with Gasteiger partial charge in [-0.05, 0) is 18.2 Å². The van der Waals surface area contributed by atoms with Crippen molar-refractivity contribution in [1.29, 1.82) is 0 Å². The molecule has 7 nitrogen and oxygen atoms in total. The molecule has 1 rings (SSSR count). The van der Waals surface area contributed by atoms with E-state index in [-0.39, 0.29) is 17.4 Å². The van der Waals surface area contributed by atoms with Crippen molar-refractivity contribution in [2.45, 2.75) is 24.8 Å². The topological polar surface area (TPSA) is 119 Å². The van der Waals surface area contributed by atoms with Crippen LogP contribution in [0.25, 0.3) is 0 Å². The molecule has 114 valence electrons. The Kier molecular flexibility index (Phi) is 6.04. The van der Waals surface area contributed by atoms with Crippen molar-refractivity contribution in [3.8, 4) is 5.75 Å². The molecule has 0 radical (unpaired) electrons. The Bertz CT molecular complexity index is 561. The largest absolute Gasteiger partial charge is 0.548 e. The number of phenols is 1. The van der Waals surface area contributed by atoms with E-state index in [0.717, 1.165) is 11.8 Å². The summed E-state index contributed by atoms with van der Waals surface area (Å²) in [6.07, 6.45) is 0. The molecule has 1 unspecified atom stereocenters. The number of thioether (sulfide) groups is 1. The molecular weight excluding hydrogens is 296 g/mol. The maximum atomic E-state index is 11.1. The van der Waals surface area contributed by atoms with Gasteiger partial charge >= 0.3 is 0 Å². The average molecular weight is 311 g/mol. The first-order valence-corrected chi connectivity index (χ1v) is 6.99. The Balaban J connectivity index is 2.85. The molecular formula is C13H15N2O5S-. The number of aliphatic carboxylic acids is 1. The van der Waals surface area contributed by atoms with Crippen LogP contribution in [0.15, 0.2) is 23.1 Å². The van der Waals surface area contributed by atoms with Crippen LogP contribution in [0.5, 0.6) is 5.75 Å². The van der Waals surface area contributed by atoms with Gasteiger partial charge in [-0.15, -0.1) is 11.8 Å². The number of carbonyl (C=O) groups is 3. The summed E-state index contributed by atoms with van der Waals surface area (Å²) in [7, 11) is 0. The lowest BCUT2D eigenvalue weighted by molar-refractivity contribution is -0.307. The first-order chi connectivity index (χ1) is 9.79. The molecule has 0 saturated heterocycles. The van der Waals surface area contributed by atoms with Crippen LogP contribution in [-0.4, -0.2) is 34.7 Å². The number of nitrogens with one attached hydrogen (secondary N) is 2. The highest BCUT2D eigenvalue weighted by atomic mass is 32.2. The van der Waals surface area contributed by atoms with Gasteiger partial charge in [-0.2, -0.15) is 0 Å². The van der Waals surface area contributed by atoms with Crippen LogP contribution >= 0.6 is 11.8 Å². The minimum Gasteiger partial charge on any atom is -0.548 e. The van der Waals surface area contributed by atoms with Gasteiger partial charge in [0.05, 0.1) is 17.7 Å². The minimum atomic E-state index is -1.40. The molecule has 1 aromatic rings. The molecule has 0 spiro atoms. The maximum Gasteiger partial charge on any atom is 0.221 e. The van der Waals surface area contributed by atoms with E-state index in [0.29, 0.717) is 10.6 Å². The Labute approximate surface area is 125 Å². The zero-order chi connectivity index (χ0) is 16.0. The number of hydrogen-bond donors (Lipinski definition) is 3. The summed E-state index contributed by atoms with van der Waals surface area (Å²) < 4.78 is 0. The predicted molar refractivity (Wildman–Crippen MR) is 75.7 cm³/mol. The van der Waals surface area contributed by atoms with Gasteiger partial charge in [0.2, 0.25) is 11.8 Å². The Hall–Kier alpha value is -2.22. The number of rotatable bonds is 6. The van der Waals surface area contributed by atoms with E-state index in [1.54, 1.807) is 0 Å². The van der Waals surface area contributed by atoms with Gasteiger partial charge in [0.15, 0.2) is 0 Å². The van der Waals surface area contributed by atoms with Crippen LogP contribution in [0.4, 0.5) is 5.69 Å². The number of amides is 2. The van der Waals surface area contributed by atoms with Gasteiger partial charge in [-0.3, -0.25) is 9.59 Å². The lowest BCUT2D eigenvalue weighted by Crippen LogP contribution is -2.48. The summed E-state index contributed by atoms with van der Waals surface area (Å²) in [5, 5.41) is 25.2. The van der Waals surface area contributed by atoms with Crippen molar-refractivity contribution in [3.05, 3.63) is 18.2 Å².